The molecule has 144 valence electrons. The summed E-state index contributed by atoms with van der Waals surface area (Å²) in [5.41, 5.74) is 3.95. The van der Waals surface area contributed by atoms with Crippen LogP contribution in [0, 0.1) is 0 Å². The number of H-pyrrole nitrogens is 1. The summed E-state index contributed by atoms with van der Waals surface area (Å²) in [6.07, 6.45) is 5.43. The summed E-state index contributed by atoms with van der Waals surface area (Å²) in [6.45, 7) is 4.44. The normalized spacial score (nSPS) is 17.4. The van der Waals surface area contributed by atoms with E-state index in [1.807, 2.05) is 48.8 Å². The SMILES string of the molecule is CC(=O)Nc1ccc(CN2CCOC[C@H]2c2ncc(-c3cccnc3)[nH]2)cc1. The minimum absolute atomic E-state index is 0.0641. The smallest absolute Gasteiger partial charge is 0.221 e. The zero-order valence-electron chi connectivity index (χ0n) is 15.8. The number of carbonyl (C=O) groups is 1. The van der Waals surface area contributed by atoms with Gasteiger partial charge >= 0.3 is 0 Å². The number of benzene rings is 1. The lowest BCUT2D eigenvalue weighted by atomic mass is 10.1. The van der Waals surface area contributed by atoms with Gasteiger partial charge in [-0.3, -0.25) is 14.7 Å². The van der Waals surface area contributed by atoms with Gasteiger partial charge in [0.25, 0.3) is 0 Å². The second-order valence-electron chi connectivity index (χ2n) is 6.86. The average molecular weight is 377 g/mol. The fourth-order valence-corrected chi connectivity index (χ4v) is 3.39. The highest BCUT2D eigenvalue weighted by Gasteiger charge is 2.27. The van der Waals surface area contributed by atoms with Crippen molar-refractivity contribution in [2.75, 3.05) is 25.1 Å². The molecule has 28 heavy (non-hydrogen) atoms. The van der Waals surface area contributed by atoms with Gasteiger partial charge in [-0.1, -0.05) is 12.1 Å². The molecule has 1 saturated heterocycles. The number of carbonyl (C=O) groups excluding carboxylic acids is 1. The Labute approximate surface area is 163 Å². The number of morpholine rings is 1. The molecule has 7 nitrogen and oxygen atoms in total. The number of nitrogens with zero attached hydrogens (tertiary/aromatic N) is 3. The van der Waals surface area contributed by atoms with E-state index in [-0.39, 0.29) is 11.9 Å². The van der Waals surface area contributed by atoms with E-state index in [1.54, 1.807) is 6.20 Å². The molecule has 4 rings (SSSR count). The fraction of sp³-hybridized carbons (Fsp3) is 0.286. The molecule has 3 heterocycles. The second-order valence-corrected chi connectivity index (χ2v) is 6.86. The van der Waals surface area contributed by atoms with Gasteiger partial charge in [-0.25, -0.2) is 4.98 Å². The summed E-state index contributed by atoms with van der Waals surface area (Å²) in [6, 6.07) is 11.9. The first-order valence-corrected chi connectivity index (χ1v) is 9.32. The Kier molecular flexibility index (Phi) is 5.45. The third kappa shape index (κ3) is 4.27. The number of nitrogens with one attached hydrogen (secondary N) is 2. The first kappa shape index (κ1) is 18.3. The lowest BCUT2D eigenvalue weighted by Gasteiger charge is -2.34. The van der Waals surface area contributed by atoms with Crippen LogP contribution in [0.2, 0.25) is 0 Å². The molecular formula is C21H23N5O2. The van der Waals surface area contributed by atoms with Crippen molar-refractivity contribution in [2.45, 2.75) is 19.5 Å². The number of rotatable bonds is 5. The largest absolute Gasteiger partial charge is 0.378 e. The Morgan fingerprint density at radius 3 is 2.89 bits per heavy atom. The molecule has 0 bridgehead atoms. The number of amides is 1. The molecule has 7 heteroatoms. The van der Waals surface area contributed by atoms with Crippen molar-refractivity contribution >= 4 is 11.6 Å². The Balaban J connectivity index is 1.49. The molecule has 2 N–H and O–H groups in total. The van der Waals surface area contributed by atoms with Crippen LogP contribution < -0.4 is 5.32 Å². The van der Waals surface area contributed by atoms with Crippen LogP contribution >= 0.6 is 0 Å². The molecule has 1 atom stereocenters. The third-order valence-corrected chi connectivity index (χ3v) is 4.78. The highest BCUT2D eigenvalue weighted by Crippen LogP contribution is 2.26. The van der Waals surface area contributed by atoms with Gasteiger partial charge in [-0.2, -0.15) is 0 Å². The van der Waals surface area contributed by atoms with Gasteiger partial charge in [0.1, 0.15) is 5.82 Å². The van der Waals surface area contributed by atoms with E-state index >= 15 is 0 Å². The van der Waals surface area contributed by atoms with Crippen molar-refractivity contribution in [1.82, 2.24) is 19.9 Å². The monoisotopic (exact) mass is 377 g/mol. The summed E-state index contributed by atoms with van der Waals surface area (Å²) < 4.78 is 5.72. The summed E-state index contributed by atoms with van der Waals surface area (Å²) in [5.74, 6) is 0.830. The predicted molar refractivity (Wildman–Crippen MR) is 107 cm³/mol. The minimum Gasteiger partial charge on any atom is -0.378 e. The van der Waals surface area contributed by atoms with Crippen molar-refractivity contribution in [3.05, 3.63) is 66.4 Å². The maximum Gasteiger partial charge on any atom is 0.221 e. The number of hydrogen-bond donors (Lipinski definition) is 2. The summed E-state index contributed by atoms with van der Waals surface area (Å²) in [5, 5.41) is 2.80. The average Bonchev–Trinajstić information content (AvgIpc) is 3.20. The van der Waals surface area contributed by atoms with Crippen LogP contribution in [-0.2, 0) is 16.1 Å². The molecule has 0 radical (unpaired) electrons. The van der Waals surface area contributed by atoms with Crippen molar-refractivity contribution in [1.29, 1.82) is 0 Å². The lowest BCUT2D eigenvalue weighted by molar-refractivity contribution is -0.114. The summed E-state index contributed by atoms with van der Waals surface area (Å²) in [7, 11) is 0. The highest BCUT2D eigenvalue weighted by atomic mass is 16.5. The summed E-state index contributed by atoms with van der Waals surface area (Å²) >= 11 is 0. The molecular weight excluding hydrogens is 354 g/mol. The predicted octanol–water partition coefficient (Wildman–Crippen LogP) is 3.00. The van der Waals surface area contributed by atoms with Crippen molar-refractivity contribution < 1.29 is 9.53 Å². The summed E-state index contributed by atoms with van der Waals surface area (Å²) in [4.78, 5) is 25.7. The van der Waals surface area contributed by atoms with Crippen molar-refractivity contribution in [3.8, 4) is 11.3 Å². The Morgan fingerprint density at radius 1 is 1.29 bits per heavy atom. The fourth-order valence-electron chi connectivity index (χ4n) is 3.39. The first-order chi connectivity index (χ1) is 13.7. The van der Waals surface area contributed by atoms with E-state index in [2.05, 4.69) is 25.2 Å². The van der Waals surface area contributed by atoms with E-state index < -0.39 is 0 Å². The van der Waals surface area contributed by atoms with Gasteiger partial charge in [0.05, 0.1) is 31.1 Å². The van der Waals surface area contributed by atoms with Crippen LogP contribution in [0.15, 0.2) is 55.0 Å². The van der Waals surface area contributed by atoms with E-state index in [1.165, 1.54) is 12.5 Å². The van der Waals surface area contributed by atoms with Crippen LogP contribution in [0.5, 0.6) is 0 Å². The van der Waals surface area contributed by atoms with Crippen LogP contribution in [0.3, 0.4) is 0 Å². The Bertz CT molecular complexity index is 923. The molecule has 2 aromatic heterocycles. The number of hydrogen-bond acceptors (Lipinski definition) is 5. The van der Waals surface area contributed by atoms with Gasteiger partial charge in [-0.05, 0) is 29.8 Å². The van der Waals surface area contributed by atoms with Crippen LogP contribution in [0.25, 0.3) is 11.3 Å². The number of ether oxygens (including phenoxy) is 1. The zero-order chi connectivity index (χ0) is 19.3. The molecule has 3 aromatic rings. The molecule has 1 fully saturated rings. The highest BCUT2D eigenvalue weighted by molar-refractivity contribution is 5.88. The van der Waals surface area contributed by atoms with Gasteiger partial charge in [0, 0.05) is 43.7 Å². The van der Waals surface area contributed by atoms with E-state index in [0.717, 1.165) is 35.9 Å². The number of aromatic nitrogens is 3. The topological polar surface area (TPSA) is 83.1 Å². The third-order valence-electron chi connectivity index (χ3n) is 4.78. The first-order valence-electron chi connectivity index (χ1n) is 9.32. The zero-order valence-corrected chi connectivity index (χ0v) is 15.8. The molecule has 0 saturated carbocycles. The standard InChI is InChI=1S/C21H23N5O2/c1-15(27)24-18-6-4-16(5-7-18)13-26-9-10-28-14-20(26)21-23-12-19(25-21)17-3-2-8-22-11-17/h2-8,11-12,20H,9-10,13-14H2,1H3,(H,23,25)(H,24,27)/t20-/m0/s1. The lowest BCUT2D eigenvalue weighted by Crippen LogP contribution is -2.39. The molecule has 1 aliphatic rings. The molecule has 1 amide bonds. The van der Waals surface area contributed by atoms with E-state index in [0.29, 0.717) is 13.2 Å². The van der Waals surface area contributed by atoms with Gasteiger partial charge < -0.3 is 15.0 Å². The Morgan fingerprint density at radius 2 is 2.14 bits per heavy atom. The van der Waals surface area contributed by atoms with Crippen LogP contribution in [0.4, 0.5) is 5.69 Å². The Hall–Kier alpha value is -3.03. The van der Waals surface area contributed by atoms with Crippen LogP contribution in [-0.4, -0.2) is 45.5 Å². The quantitative estimate of drug-likeness (QED) is 0.714. The molecule has 0 spiro atoms. The maximum atomic E-state index is 11.2. The number of anilines is 1. The maximum absolute atomic E-state index is 11.2. The molecule has 0 unspecified atom stereocenters. The van der Waals surface area contributed by atoms with Gasteiger partial charge in [0.2, 0.25) is 5.91 Å². The number of pyridine rings is 1. The van der Waals surface area contributed by atoms with Gasteiger partial charge in [-0.15, -0.1) is 0 Å². The molecule has 1 aromatic carbocycles. The minimum atomic E-state index is -0.0665. The van der Waals surface area contributed by atoms with Crippen molar-refractivity contribution in [3.63, 3.8) is 0 Å². The number of aromatic amines is 1. The van der Waals surface area contributed by atoms with Crippen molar-refractivity contribution in [2.24, 2.45) is 0 Å². The second kappa shape index (κ2) is 8.33. The van der Waals surface area contributed by atoms with Gasteiger partial charge in [0.15, 0.2) is 0 Å². The number of imidazole rings is 1. The van der Waals surface area contributed by atoms with E-state index in [4.69, 9.17) is 4.74 Å². The molecule has 1 aliphatic heterocycles. The van der Waals surface area contributed by atoms with E-state index in [9.17, 15) is 4.79 Å². The molecule has 0 aliphatic carbocycles. The van der Waals surface area contributed by atoms with Crippen LogP contribution in [0.1, 0.15) is 24.4 Å².